The van der Waals surface area contributed by atoms with Crippen molar-refractivity contribution in [3.63, 3.8) is 0 Å². The molecule has 2 aromatic carbocycles. The number of aliphatic hydroxyl groups is 1. The summed E-state index contributed by atoms with van der Waals surface area (Å²) in [6, 6.07) is 12.9. The van der Waals surface area contributed by atoms with Gasteiger partial charge in [-0.05, 0) is 55.4 Å². The summed E-state index contributed by atoms with van der Waals surface area (Å²) in [4.78, 5) is 25.9. The highest BCUT2D eigenvalue weighted by Gasteiger charge is 2.44. The molecule has 2 aromatic heterocycles. The quantitative estimate of drug-likeness (QED) is 0.309. The molecule has 0 spiro atoms. The van der Waals surface area contributed by atoms with Crippen LogP contribution in [0.15, 0.2) is 62.5 Å². The minimum atomic E-state index is -1.60. The molecule has 5 rings (SSSR count). The van der Waals surface area contributed by atoms with E-state index in [0.29, 0.717) is 28.6 Å². The van der Waals surface area contributed by atoms with Crippen molar-refractivity contribution in [2.24, 2.45) is 5.92 Å². The zero-order chi connectivity index (χ0) is 26.2. The summed E-state index contributed by atoms with van der Waals surface area (Å²) in [5.41, 5.74) is 0.130. The van der Waals surface area contributed by atoms with Crippen LogP contribution in [-0.2, 0) is 10.2 Å². The fourth-order valence-electron chi connectivity index (χ4n) is 6.02. The number of aryl methyl sites for hydroxylation is 1. The van der Waals surface area contributed by atoms with Gasteiger partial charge in [-0.1, -0.05) is 69.3 Å². The van der Waals surface area contributed by atoms with Crippen molar-refractivity contribution in [2.45, 2.75) is 76.7 Å². The van der Waals surface area contributed by atoms with E-state index in [4.69, 9.17) is 8.94 Å². The number of hydrogen-bond acceptors (Lipinski definition) is 6. The Labute approximate surface area is 215 Å². The lowest BCUT2D eigenvalue weighted by Crippen LogP contribution is -2.48. The van der Waals surface area contributed by atoms with Gasteiger partial charge in [-0.25, -0.2) is 4.79 Å². The van der Waals surface area contributed by atoms with Gasteiger partial charge in [0.05, 0.1) is 17.3 Å². The Morgan fingerprint density at radius 1 is 1.11 bits per heavy atom. The third kappa shape index (κ3) is 5.05. The van der Waals surface area contributed by atoms with E-state index in [-0.39, 0.29) is 12.3 Å². The number of aromatic nitrogens is 1. The topological polar surface area (TPSA) is 106 Å². The maximum atomic E-state index is 13.8. The Morgan fingerprint density at radius 2 is 1.89 bits per heavy atom. The van der Waals surface area contributed by atoms with Crippen LogP contribution in [0, 0.1) is 12.8 Å². The molecule has 0 saturated heterocycles. The smallest absolute Gasteiger partial charge is 0.366 e. The molecule has 1 unspecified atom stereocenters. The Bertz CT molecular complexity index is 1490. The number of benzene rings is 2. The highest BCUT2D eigenvalue weighted by atomic mass is 16.5. The Kier molecular flexibility index (Phi) is 6.67. The molecule has 1 saturated carbocycles. The first kappa shape index (κ1) is 25.2. The number of para-hydroxylation sites is 1. The molecule has 2 N–H and O–H groups in total. The van der Waals surface area contributed by atoms with Crippen molar-refractivity contribution in [1.82, 2.24) is 5.16 Å². The second kappa shape index (κ2) is 9.78. The van der Waals surface area contributed by atoms with E-state index in [1.54, 1.807) is 31.4 Å². The maximum Gasteiger partial charge on any atom is 0.366 e. The molecule has 1 fully saturated rings. The predicted molar refractivity (Wildman–Crippen MR) is 144 cm³/mol. The number of amides is 1. The highest BCUT2D eigenvalue weighted by molar-refractivity contribution is 5.99. The van der Waals surface area contributed by atoms with Gasteiger partial charge in [-0.2, -0.15) is 0 Å². The summed E-state index contributed by atoms with van der Waals surface area (Å²) >= 11 is 0. The monoisotopic (exact) mass is 502 g/mol. The first-order chi connectivity index (χ1) is 17.7. The van der Waals surface area contributed by atoms with E-state index in [0.717, 1.165) is 42.2 Å². The fourth-order valence-corrected chi connectivity index (χ4v) is 6.02. The highest BCUT2D eigenvalue weighted by Crippen LogP contribution is 2.41. The average molecular weight is 503 g/mol. The normalized spacial score (nSPS) is 16.6. The van der Waals surface area contributed by atoms with Crippen LogP contribution in [0.4, 0.5) is 5.69 Å². The Hall–Kier alpha value is -3.45. The van der Waals surface area contributed by atoms with Gasteiger partial charge >= 0.3 is 5.63 Å². The number of nitrogens with zero attached hydrogens (tertiary/aromatic N) is 1. The van der Waals surface area contributed by atoms with Crippen molar-refractivity contribution in [3.8, 4) is 0 Å². The molecule has 4 aromatic rings. The minimum absolute atomic E-state index is 0.236. The van der Waals surface area contributed by atoms with Gasteiger partial charge in [0, 0.05) is 22.0 Å². The molecular formula is C30H34N2O5. The van der Waals surface area contributed by atoms with Gasteiger partial charge in [0.2, 0.25) is 0 Å². The summed E-state index contributed by atoms with van der Waals surface area (Å²) in [6.07, 6.45) is 7.77. The van der Waals surface area contributed by atoms with Crippen LogP contribution in [0.1, 0.15) is 70.1 Å². The number of hydrogen-bond donors (Lipinski definition) is 2. The van der Waals surface area contributed by atoms with Gasteiger partial charge in [0.25, 0.3) is 5.91 Å². The number of carbonyl (C=O) groups is 1. The molecule has 0 bridgehead atoms. The first-order valence-electron chi connectivity index (χ1n) is 13.1. The maximum absolute atomic E-state index is 13.8. The largest absolute Gasteiger partial charge is 0.464 e. The third-order valence-corrected chi connectivity index (χ3v) is 7.87. The van der Waals surface area contributed by atoms with Crippen LogP contribution in [0.3, 0.4) is 0 Å². The van der Waals surface area contributed by atoms with Crippen LogP contribution < -0.4 is 10.9 Å². The molecule has 0 radical (unpaired) electrons. The number of anilines is 1. The van der Waals surface area contributed by atoms with Crippen molar-refractivity contribution < 1.29 is 18.8 Å². The zero-order valence-corrected chi connectivity index (χ0v) is 21.7. The Morgan fingerprint density at radius 3 is 2.68 bits per heavy atom. The molecule has 7 heteroatoms. The summed E-state index contributed by atoms with van der Waals surface area (Å²) < 4.78 is 10.6. The summed E-state index contributed by atoms with van der Waals surface area (Å²) in [5, 5.41) is 20.8. The van der Waals surface area contributed by atoms with Gasteiger partial charge in [-0.3, -0.25) is 4.79 Å². The second-order valence-electron chi connectivity index (χ2n) is 11.2. The summed E-state index contributed by atoms with van der Waals surface area (Å²) in [7, 11) is 0. The van der Waals surface area contributed by atoms with Gasteiger partial charge in [0.1, 0.15) is 11.2 Å². The molecule has 194 valence electrons. The lowest BCUT2D eigenvalue weighted by molar-refractivity contribution is -0.138. The molecule has 1 aliphatic carbocycles. The summed E-state index contributed by atoms with van der Waals surface area (Å²) in [5.74, 6) is -0.155. The number of carbonyl (C=O) groups excluding carboxylic acids is 1. The molecule has 1 aliphatic rings. The predicted octanol–water partition coefficient (Wildman–Crippen LogP) is 6.25. The molecule has 1 amide bonds. The van der Waals surface area contributed by atoms with Crippen molar-refractivity contribution in [2.75, 3.05) is 5.32 Å². The molecule has 2 heterocycles. The Balaban J connectivity index is 1.48. The summed E-state index contributed by atoms with van der Waals surface area (Å²) in [6.45, 7) is 5.84. The zero-order valence-electron chi connectivity index (χ0n) is 21.7. The molecule has 7 nitrogen and oxygen atoms in total. The van der Waals surface area contributed by atoms with E-state index in [1.165, 1.54) is 6.42 Å². The molecule has 0 aliphatic heterocycles. The SMILES string of the molecule is Cc1noc(=O)c2ccc(NC(=O)C(O)(CC3CCCCC3)CC(C)(C)c3cccc4ccoc34)cc12. The standard InChI is InChI=1S/C30H34N2O5/c1-19-24-16-22(12-13-23(24)27(33)37-32-19)31-28(34)30(35,17-20-8-5-4-6-9-20)18-29(2,3)25-11-7-10-21-14-15-36-26(21)25/h7,10-16,20,35H,4-6,8-9,17-18H2,1-3H3,(H,31,34). The van der Waals surface area contributed by atoms with Crippen molar-refractivity contribution in [1.29, 1.82) is 0 Å². The van der Waals surface area contributed by atoms with E-state index in [9.17, 15) is 14.7 Å². The minimum Gasteiger partial charge on any atom is -0.464 e. The first-order valence-corrected chi connectivity index (χ1v) is 13.1. The second-order valence-corrected chi connectivity index (χ2v) is 11.2. The van der Waals surface area contributed by atoms with Crippen molar-refractivity contribution >= 4 is 33.3 Å². The van der Waals surface area contributed by atoms with Crippen LogP contribution >= 0.6 is 0 Å². The van der Waals surface area contributed by atoms with Crippen LogP contribution in [-0.4, -0.2) is 21.8 Å². The van der Waals surface area contributed by atoms with E-state index >= 15 is 0 Å². The number of fused-ring (bicyclic) bond motifs is 2. The molecule has 37 heavy (non-hydrogen) atoms. The van der Waals surface area contributed by atoms with Crippen LogP contribution in [0.5, 0.6) is 0 Å². The van der Waals surface area contributed by atoms with Gasteiger partial charge in [0.15, 0.2) is 0 Å². The molecular weight excluding hydrogens is 468 g/mol. The number of nitrogens with one attached hydrogen (secondary N) is 1. The van der Waals surface area contributed by atoms with Crippen molar-refractivity contribution in [3.05, 3.63) is 70.4 Å². The molecule has 1 atom stereocenters. The lowest BCUT2D eigenvalue weighted by atomic mass is 9.70. The van der Waals surface area contributed by atoms with Crippen LogP contribution in [0.25, 0.3) is 21.7 Å². The fraction of sp³-hybridized carbons (Fsp3) is 0.433. The lowest BCUT2D eigenvalue weighted by Gasteiger charge is -2.38. The van der Waals surface area contributed by atoms with E-state index in [1.807, 2.05) is 38.1 Å². The number of furan rings is 1. The van der Waals surface area contributed by atoms with Crippen LogP contribution in [0.2, 0.25) is 0 Å². The third-order valence-electron chi connectivity index (χ3n) is 7.87. The number of rotatable bonds is 7. The van der Waals surface area contributed by atoms with Gasteiger partial charge in [-0.15, -0.1) is 0 Å². The average Bonchev–Trinajstić information content (AvgIpc) is 3.35. The van der Waals surface area contributed by atoms with Gasteiger partial charge < -0.3 is 19.4 Å². The van der Waals surface area contributed by atoms with E-state index < -0.39 is 22.5 Å². The van der Waals surface area contributed by atoms with E-state index in [2.05, 4.69) is 10.5 Å².